The van der Waals surface area contributed by atoms with Gasteiger partial charge in [0.15, 0.2) is 5.69 Å². The van der Waals surface area contributed by atoms with E-state index >= 15 is 0 Å². The molecule has 0 aliphatic carbocycles. The Bertz CT molecular complexity index is 935. The van der Waals surface area contributed by atoms with E-state index in [0.29, 0.717) is 0 Å². The van der Waals surface area contributed by atoms with E-state index < -0.39 is 5.89 Å². The summed E-state index contributed by atoms with van der Waals surface area (Å²) < 4.78 is 13.5. The first-order chi connectivity index (χ1) is 10.9. The lowest BCUT2D eigenvalue weighted by atomic mass is 9.99. The minimum Gasteiger partial charge on any atom is -0.197 e. The molecule has 1 aliphatic heterocycles. The molecule has 0 saturated carbocycles. The van der Waals surface area contributed by atoms with Gasteiger partial charge in [-0.1, -0.05) is 43.3 Å². The molecule has 2 heteroatoms. The average Bonchev–Trinajstić information content (AvgIpc) is 2.93. The number of imidazole rings is 1. The second kappa shape index (κ2) is 4.57. The van der Waals surface area contributed by atoms with E-state index in [9.17, 15) is 0 Å². The summed E-state index contributed by atoms with van der Waals surface area (Å²) in [5, 5.41) is 0. The largest absolute Gasteiger partial charge is 0.264 e. The molecule has 2 heterocycles. The zero-order valence-corrected chi connectivity index (χ0v) is 13.5. The van der Waals surface area contributed by atoms with Crippen LogP contribution < -0.4 is 4.57 Å². The van der Waals surface area contributed by atoms with Crippen molar-refractivity contribution in [1.82, 2.24) is 4.57 Å². The van der Waals surface area contributed by atoms with Crippen molar-refractivity contribution in [2.75, 3.05) is 0 Å². The van der Waals surface area contributed by atoms with E-state index in [0.717, 1.165) is 28.5 Å². The van der Waals surface area contributed by atoms with Crippen LogP contribution in [0.4, 0.5) is 0 Å². The van der Waals surface area contributed by atoms with Crippen LogP contribution in [0, 0.1) is 20.8 Å². The molecular weight excluding hydrogens is 268 g/mol. The smallest absolute Gasteiger partial charge is 0.197 e. The van der Waals surface area contributed by atoms with E-state index in [-0.39, 0.29) is 0 Å². The van der Waals surface area contributed by atoms with E-state index in [2.05, 4.69) is 72.4 Å². The first kappa shape index (κ1) is 12.2. The van der Waals surface area contributed by atoms with Gasteiger partial charge in [-0.25, -0.2) is 0 Å². The zero-order valence-electron chi connectivity index (χ0n) is 14.5. The lowest BCUT2D eigenvalue weighted by Gasteiger charge is -2.07. The molecule has 2 nitrogen and oxygen atoms in total. The third-order valence-electron chi connectivity index (χ3n) is 4.81. The highest BCUT2D eigenvalue weighted by molar-refractivity contribution is 5.54. The number of hydrogen-bond acceptors (Lipinski definition) is 0. The van der Waals surface area contributed by atoms with Crippen LogP contribution in [-0.4, -0.2) is 4.57 Å². The molecule has 1 atom stereocenters. The van der Waals surface area contributed by atoms with Crippen LogP contribution in [0.25, 0.3) is 11.4 Å². The first-order valence-corrected chi connectivity index (χ1v) is 7.75. The molecule has 0 saturated heterocycles. The predicted octanol–water partition coefficient (Wildman–Crippen LogP) is 4.14. The molecule has 22 heavy (non-hydrogen) atoms. The molecular formula is C20H21N2+. The number of para-hydroxylation sites is 2. The SMILES string of the molecule is [2H]C1(C)c2ccccc2-n2c1c(C)[n+](-c1ccccc1C)c2C. The van der Waals surface area contributed by atoms with Gasteiger partial charge >= 0.3 is 0 Å². The quantitative estimate of drug-likeness (QED) is 0.595. The van der Waals surface area contributed by atoms with Gasteiger partial charge in [0.1, 0.15) is 17.1 Å². The fourth-order valence-corrected chi connectivity index (χ4v) is 3.79. The minimum absolute atomic E-state index is 0.723. The number of fused-ring (bicyclic) bond motifs is 3. The van der Waals surface area contributed by atoms with Crippen molar-refractivity contribution >= 4 is 0 Å². The van der Waals surface area contributed by atoms with Gasteiger partial charge in [0.25, 0.3) is 5.82 Å². The number of hydrogen-bond donors (Lipinski definition) is 0. The van der Waals surface area contributed by atoms with Crippen molar-refractivity contribution in [2.24, 2.45) is 0 Å². The highest BCUT2D eigenvalue weighted by Gasteiger charge is 2.38. The van der Waals surface area contributed by atoms with E-state index in [1.54, 1.807) is 0 Å². The Morgan fingerprint density at radius 1 is 1.00 bits per heavy atom. The van der Waals surface area contributed by atoms with Gasteiger partial charge in [-0.2, -0.15) is 9.13 Å². The van der Waals surface area contributed by atoms with Crippen molar-refractivity contribution in [3.63, 3.8) is 0 Å². The Hall–Kier alpha value is -2.35. The van der Waals surface area contributed by atoms with Crippen molar-refractivity contribution in [1.29, 1.82) is 0 Å². The van der Waals surface area contributed by atoms with Gasteiger partial charge in [-0.3, -0.25) is 0 Å². The Morgan fingerprint density at radius 2 is 1.68 bits per heavy atom. The van der Waals surface area contributed by atoms with Gasteiger partial charge in [-0.05, 0) is 24.6 Å². The Balaban J connectivity index is 2.10. The number of rotatable bonds is 1. The summed E-state index contributed by atoms with van der Waals surface area (Å²) in [4.78, 5) is 0. The molecule has 0 radical (unpaired) electrons. The molecule has 1 aliphatic rings. The molecule has 0 spiro atoms. The highest BCUT2D eigenvalue weighted by Crippen LogP contribution is 2.39. The number of nitrogens with zero attached hydrogens (tertiary/aromatic N) is 2. The molecule has 0 N–H and O–H groups in total. The van der Waals surface area contributed by atoms with Gasteiger partial charge in [0.2, 0.25) is 0 Å². The molecule has 2 aromatic carbocycles. The normalized spacial score (nSPS) is 19.7. The summed E-state index contributed by atoms with van der Waals surface area (Å²) in [5.74, 6) is 0.426. The maximum Gasteiger partial charge on any atom is 0.264 e. The Kier molecular flexibility index (Phi) is 2.54. The summed E-state index contributed by atoms with van der Waals surface area (Å²) in [7, 11) is 0. The molecule has 0 amide bonds. The van der Waals surface area contributed by atoms with Crippen LogP contribution in [-0.2, 0) is 0 Å². The fourth-order valence-electron chi connectivity index (χ4n) is 3.79. The van der Waals surface area contributed by atoms with Crippen LogP contribution in [0.5, 0.6) is 0 Å². The third-order valence-corrected chi connectivity index (χ3v) is 4.81. The van der Waals surface area contributed by atoms with Crippen LogP contribution in [0.2, 0.25) is 0 Å². The summed E-state index contributed by atoms with van der Waals surface area (Å²) in [6, 6.07) is 16.7. The van der Waals surface area contributed by atoms with Crippen molar-refractivity contribution < 1.29 is 5.94 Å². The lowest BCUT2D eigenvalue weighted by molar-refractivity contribution is -0.609. The second-order valence-corrected chi connectivity index (χ2v) is 6.08. The van der Waals surface area contributed by atoms with Gasteiger partial charge < -0.3 is 0 Å². The first-order valence-electron chi connectivity index (χ1n) is 8.25. The highest BCUT2D eigenvalue weighted by atomic mass is 15.2. The van der Waals surface area contributed by atoms with E-state index in [4.69, 9.17) is 1.37 Å². The number of aryl methyl sites for hydroxylation is 1. The van der Waals surface area contributed by atoms with Crippen molar-refractivity contribution in [2.45, 2.75) is 33.6 Å². The van der Waals surface area contributed by atoms with Crippen molar-refractivity contribution in [3.05, 3.63) is 76.9 Å². The molecule has 110 valence electrons. The second-order valence-electron chi connectivity index (χ2n) is 6.08. The number of aromatic nitrogens is 2. The molecule has 1 unspecified atom stereocenters. The maximum absolute atomic E-state index is 8.98. The van der Waals surface area contributed by atoms with Gasteiger partial charge in [-0.15, -0.1) is 0 Å². The summed E-state index contributed by atoms with van der Waals surface area (Å²) >= 11 is 0. The van der Waals surface area contributed by atoms with Crippen LogP contribution in [0.1, 0.15) is 42.5 Å². The fraction of sp³-hybridized carbons (Fsp3) is 0.250. The number of benzene rings is 2. The topological polar surface area (TPSA) is 8.81 Å². The van der Waals surface area contributed by atoms with Crippen molar-refractivity contribution in [3.8, 4) is 11.4 Å². The Labute approximate surface area is 133 Å². The van der Waals surface area contributed by atoms with Gasteiger partial charge in [0.05, 0.1) is 5.89 Å². The molecule has 4 rings (SSSR count). The monoisotopic (exact) mass is 290 g/mol. The van der Waals surface area contributed by atoms with Crippen LogP contribution in [0.3, 0.4) is 0 Å². The standard InChI is InChI=1S/C20H21N2/c1-13-9-5-7-11-18(13)21-15(3)20-14(2)17-10-6-8-12-19(17)22(20)16(21)4/h5-12,14H,1-4H3/q+1/i14D. The summed E-state index contributed by atoms with van der Waals surface area (Å²) in [6.07, 6.45) is 0. The molecule has 0 bridgehead atoms. The molecule has 0 fully saturated rings. The zero-order chi connectivity index (χ0) is 16.4. The summed E-state index contributed by atoms with van der Waals surface area (Å²) in [5.41, 5.74) is 6.86. The van der Waals surface area contributed by atoms with Crippen LogP contribution >= 0.6 is 0 Å². The summed E-state index contributed by atoms with van der Waals surface area (Å²) in [6.45, 7) is 8.40. The lowest BCUT2D eigenvalue weighted by Crippen LogP contribution is -2.37. The average molecular weight is 290 g/mol. The molecule has 3 aromatic rings. The van der Waals surface area contributed by atoms with E-state index in [1.807, 2.05) is 13.0 Å². The third kappa shape index (κ3) is 1.58. The predicted molar refractivity (Wildman–Crippen MR) is 89.0 cm³/mol. The van der Waals surface area contributed by atoms with Gasteiger partial charge in [0, 0.05) is 20.8 Å². The Morgan fingerprint density at radius 3 is 2.45 bits per heavy atom. The molecule has 1 aromatic heterocycles. The van der Waals surface area contributed by atoms with E-state index in [1.165, 1.54) is 11.3 Å². The minimum atomic E-state index is -0.723. The maximum atomic E-state index is 8.98. The van der Waals surface area contributed by atoms with Crippen LogP contribution in [0.15, 0.2) is 48.5 Å².